The molecule has 0 fully saturated rings. The van der Waals surface area contributed by atoms with Crippen molar-refractivity contribution in [1.82, 2.24) is 20.8 Å². The van der Waals surface area contributed by atoms with E-state index in [1.807, 2.05) is 20.8 Å². The number of rotatable bonds is 10. The van der Waals surface area contributed by atoms with E-state index in [2.05, 4.69) is 25.8 Å². The molecular formula is C14H28IN5O2. The molecule has 0 unspecified atom stereocenters. The average molecular weight is 425 g/mol. The zero-order valence-corrected chi connectivity index (χ0v) is 16.1. The first-order valence-electron chi connectivity index (χ1n) is 7.65. The monoisotopic (exact) mass is 425 g/mol. The molecule has 0 saturated heterocycles. The average Bonchev–Trinajstić information content (AvgIpc) is 2.88. The number of halogens is 1. The lowest BCUT2D eigenvalue weighted by Gasteiger charge is -2.10. The highest BCUT2D eigenvalue weighted by Crippen LogP contribution is 1.95. The van der Waals surface area contributed by atoms with Gasteiger partial charge in [0.05, 0.1) is 0 Å². The van der Waals surface area contributed by atoms with Crippen molar-refractivity contribution in [3.63, 3.8) is 0 Å². The van der Waals surface area contributed by atoms with E-state index in [0.717, 1.165) is 45.1 Å². The molecule has 0 aliphatic heterocycles. The Balaban J connectivity index is 0.00000441. The summed E-state index contributed by atoms with van der Waals surface area (Å²) in [5.74, 6) is 2.14. The summed E-state index contributed by atoms with van der Waals surface area (Å²) < 4.78 is 10.4. The number of nitrogens with one attached hydrogen (secondary N) is 2. The molecule has 7 nitrogen and oxygen atoms in total. The summed E-state index contributed by atoms with van der Waals surface area (Å²) in [5, 5.41) is 10.2. The van der Waals surface area contributed by atoms with E-state index in [1.165, 1.54) is 0 Å². The molecule has 1 rings (SSSR count). The van der Waals surface area contributed by atoms with Crippen LogP contribution in [0.25, 0.3) is 0 Å². The SMILES string of the molecule is CCNC(=NCCCCOCC)NCCc1nc(C)no1.I. The van der Waals surface area contributed by atoms with Crippen molar-refractivity contribution in [3.8, 4) is 0 Å². The number of nitrogens with zero attached hydrogens (tertiary/aromatic N) is 3. The van der Waals surface area contributed by atoms with E-state index in [-0.39, 0.29) is 24.0 Å². The van der Waals surface area contributed by atoms with E-state index in [4.69, 9.17) is 9.26 Å². The van der Waals surface area contributed by atoms with Gasteiger partial charge in [0.1, 0.15) is 0 Å². The van der Waals surface area contributed by atoms with Gasteiger partial charge in [-0.15, -0.1) is 24.0 Å². The molecule has 0 radical (unpaired) electrons. The van der Waals surface area contributed by atoms with Crippen LogP contribution in [0, 0.1) is 6.92 Å². The van der Waals surface area contributed by atoms with E-state index in [9.17, 15) is 0 Å². The van der Waals surface area contributed by atoms with Gasteiger partial charge < -0.3 is 19.9 Å². The smallest absolute Gasteiger partial charge is 0.228 e. The van der Waals surface area contributed by atoms with Crippen molar-refractivity contribution in [2.75, 3.05) is 32.8 Å². The molecule has 0 aliphatic carbocycles. The van der Waals surface area contributed by atoms with Crippen LogP contribution in [0.3, 0.4) is 0 Å². The van der Waals surface area contributed by atoms with Crippen LogP contribution in [0.2, 0.25) is 0 Å². The largest absolute Gasteiger partial charge is 0.382 e. The molecule has 128 valence electrons. The van der Waals surface area contributed by atoms with Crippen molar-refractivity contribution < 1.29 is 9.26 Å². The van der Waals surface area contributed by atoms with Gasteiger partial charge in [-0.25, -0.2) is 0 Å². The fraction of sp³-hybridized carbons (Fsp3) is 0.786. The zero-order chi connectivity index (χ0) is 15.3. The maximum absolute atomic E-state index is 5.30. The van der Waals surface area contributed by atoms with Gasteiger partial charge in [0.2, 0.25) is 5.89 Å². The number of hydrogen-bond donors (Lipinski definition) is 2. The first kappa shape index (κ1) is 21.1. The highest BCUT2D eigenvalue weighted by molar-refractivity contribution is 14.0. The fourth-order valence-corrected chi connectivity index (χ4v) is 1.72. The second-order valence-electron chi connectivity index (χ2n) is 4.58. The number of guanidine groups is 1. The number of aromatic nitrogens is 2. The Bertz CT molecular complexity index is 412. The Kier molecular flexibility index (Phi) is 13.2. The number of ether oxygens (including phenoxy) is 1. The third-order valence-electron chi connectivity index (χ3n) is 2.72. The van der Waals surface area contributed by atoms with Gasteiger partial charge in [0.15, 0.2) is 11.8 Å². The summed E-state index contributed by atoms with van der Waals surface area (Å²) in [6, 6.07) is 0. The number of unbranched alkanes of at least 4 members (excludes halogenated alkanes) is 1. The third kappa shape index (κ3) is 9.93. The predicted octanol–water partition coefficient (Wildman–Crippen LogP) is 1.91. The van der Waals surface area contributed by atoms with Crippen LogP contribution in [-0.4, -0.2) is 48.9 Å². The normalized spacial score (nSPS) is 11.1. The lowest BCUT2D eigenvalue weighted by Crippen LogP contribution is -2.38. The van der Waals surface area contributed by atoms with Crippen LogP contribution in [0.15, 0.2) is 9.52 Å². The van der Waals surface area contributed by atoms with Gasteiger partial charge in [-0.2, -0.15) is 4.98 Å². The molecule has 0 aliphatic rings. The van der Waals surface area contributed by atoms with Crippen LogP contribution in [0.1, 0.15) is 38.4 Å². The maximum Gasteiger partial charge on any atom is 0.228 e. The Morgan fingerprint density at radius 2 is 2.09 bits per heavy atom. The molecular weight excluding hydrogens is 397 g/mol. The summed E-state index contributed by atoms with van der Waals surface area (Å²) in [6.07, 6.45) is 2.76. The minimum atomic E-state index is 0. The summed E-state index contributed by atoms with van der Waals surface area (Å²) in [4.78, 5) is 8.69. The number of aliphatic imine (C=N–C) groups is 1. The number of hydrogen-bond acceptors (Lipinski definition) is 5. The van der Waals surface area contributed by atoms with E-state index >= 15 is 0 Å². The van der Waals surface area contributed by atoms with Crippen LogP contribution in [-0.2, 0) is 11.2 Å². The number of aryl methyl sites for hydroxylation is 1. The zero-order valence-electron chi connectivity index (χ0n) is 13.7. The van der Waals surface area contributed by atoms with Crippen LogP contribution < -0.4 is 10.6 Å². The van der Waals surface area contributed by atoms with Crippen LogP contribution in [0.5, 0.6) is 0 Å². The quantitative estimate of drug-likeness (QED) is 0.258. The minimum absolute atomic E-state index is 0. The Morgan fingerprint density at radius 3 is 2.73 bits per heavy atom. The first-order chi connectivity index (χ1) is 10.3. The van der Waals surface area contributed by atoms with Gasteiger partial charge in [0.25, 0.3) is 0 Å². The lowest BCUT2D eigenvalue weighted by atomic mass is 10.3. The van der Waals surface area contributed by atoms with Crippen molar-refractivity contribution in [3.05, 3.63) is 11.7 Å². The van der Waals surface area contributed by atoms with Gasteiger partial charge in [0, 0.05) is 39.3 Å². The Labute approximate surface area is 149 Å². The fourth-order valence-electron chi connectivity index (χ4n) is 1.72. The van der Waals surface area contributed by atoms with Gasteiger partial charge in [-0.3, -0.25) is 4.99 Å². The summed E-state index contributed by atoms with van der Waals surface area (Å²) in [6.45, 7) is 9.81. The minimum Gasteiger partial charge on any atom is -0.382 e. The summed E-state index contributed by atoms with van der Waals surface area (Å²) in [5.41, 5.74) is 0. The van der Waals surface area contributed by atoms with E-state index in [1.54, 1.807) is 0 Å². The molecule has 0 aromatic carbocycles. The van der Waals surface area contributed by atoms with E-state index < -0.39 is 0 Å². The topological polar surface area (TPSA) is 84.6 Å². The maximum atomic E-state index is 5.30. The summed E-state index contributed by atoms with van der Waals surface area (Å²) >= 11 is 0. The van der Waals surface area contributed by atoms with Crippen LogP contribution in [0.4, 0.5) is 0 Å². The molecule has 2 N–H and O–H groups in total. The summed E-state index contributed by atoms with van der Waals surface area (Å²) in [7, 11) is 0. The molecule has 1 aromatic rings. The van der Waals surface area contributed by atoms with Gasteiger partial charge >= 0.3 is 0 Å². The highest BCUT2D eigenvalue weighted by Gasteiger charge is 2.03. The molecule has 1 aromatic heterocycles. The molecule has 22 heavy (non-hydrogen) atoms. The van der Waals surface area contributed by atoms with Gasteiger partial charge in [-0.1, -0.05) is 5.16 Å². The molecule has 0 atom stereocenters. The van der Waals surface area contributed by atoms with Crippen molar-refractivity contribution >= 4 is 29.9 Å². The predicted molar refractivity (Wildman–Crippen MR) is 97.9 cm³/mol. The second kappa shape index (κ2) is 13.7. The Morgan fingerprint density at radius 1 is 1.27 bits per heavy atom. The van der Waals surface area contributed by atoms with Gasteiger partial charge in [-0.05, 0) is 33.6 Å². The van der Waals surface area contributed by atoms with Crippen molar-refractivity contribution in [2.24, 2.45) is 4.99 Å². The molecule has 0 spiro atoms. The highest BCUT2D eigenvalue weighted by atomic mass is 127. The molecule has 0 bridgehead atoms. The third-order valence-corrected chi connectivity index (χ3v) is 2.72. The lowest BCUT2D eigenvalue weighted by molar-refractivity contribution is 0.144. The van der Waals surface area contributed by atoms with Crippen molar-refractivity contribution in [1.29, 1.82) is 0 Å². The second-order valence-corrected chi connectivity index (χ2v) is 4.58. The molecule has 8 heteroatoms. The first-order valence-corrected chi connectivity index (χ1v) is 7.65. The standard InChI is InChI=1S/C14H27N5O2.HI/c1-4-15-14(16-9-6-7-11-20-5-2)17-10-8-13-18-12(3)19-21-13;/h4-11H2,1-3H3,(H2,15,16,17);1H. The molecule has 0 saturated carbocycles. The van der Waals surface area contributed by atoms with E-state index in [0.29, 0.717) is 24.7 Å². The van der Waals surface area contributed by atoms with Crippen LogP contribution >= 0.6 is 24.0 Å². The Hall–Kier alpha value is -0.900. The molecule has 1 heterocycles. The van der Waals surface area contributed by atoms with Crippen molar-refractivity contribution in [2.45, 2.75) is 40.0 Å². The molecule has 0 amide bonds.